The molecule has 1 heterocycles. The summed E-state index contributed by atoms with van der Waals surface area (Å²) in [4.78, 5) is 40.8. The van der Waals surface area contributed by atoms with Gasteiger partial charge in [0.05, 0.1) is 0 Å². The van der Waals surface area contributed by atoms with Crippen molar-refractivity contribution in [1.29, 1.82) is 0 Å². The fourth-order valence-electron chi connectivity index (χ4n) is 2.45. The molecule has 3 rings (SSSR count). The number of carbonyl (C=O) groups is 1. The Bertz CT molecular complexity index is 1210. The first-order valence-corrected chi connectivity index (χ1v) is 8.48. The fraction of sp³-hybridized carbons (Fsp3) is 0.0500. The maximum atomic E-state index is 12.3. The van der Waals surface area contributed by atoms with Crippen molar-refractivity contribution in [3.63, 3.8) is 0 Å². The summed E-state index contributed by atoms with van der Waals surface area (Å²) < 4.78 is 0. The van der Waals surface area contributed by atoms with E-state index in [1.54, 1.807) is 60.7 Å². The number of hydrogen-bond acceptors (Lipinski definition) is 3. The van der Waals surface area contributed by atoms with E-state index in [0.717, 1.165) is 5.56 Å². The minimum Gasteiger partial charge on any atom is -0.326 e. The molecule has 0 spiro atoms. The lowest BCUT2D eigenvalue weighted by atomic mass is 10.2. The van der Waals surface area contributed by atoms with Gasteiger partial charge in [-0.2, -0.15) is 0 Å². The number of nitrogens with one attached hydrogen (secondary N) is 3. The van der Waals surface area contributed by atoms with Gasteiger partial charge >= 0.3 is 0 Å². The number of halogens is 1. The number of carbonyl (C=O) groups excluding carboxylic acids is 1. The molecule has 3 N–H and O–H groups in total. The maximum Gasteiger partial charge on any atom is 0.272 e. The number of aromatic nitrogens is 2. The Morgan fingerprint density at radius 2 is 1.30 bits per heavy atom. The monoisotopic (exact) mass is 381 g/mol. The van der Waals surface area contributed by atoms with Crippen molar-refractivity contribution in [1.82, 2.24) is 9.97 Å². The lowest BCUT2D eigenvalue weighted by molar-refractivity contribution is -0.114. The highest BCUT2D eigenvalue weighted by atomic mass is 35.5. The van der Waals surface area contributed by atoms with E-state index in [1.807, 2.05) is 0 Å². The number of amides is 1. The van der Waals surface area contributed by atoms with E-state index < -0.39 is 11.1 Å². The molecular formula is C20H16ClN3O3. The number of H-pyrrole nitrogens is 2. The molecule has 0 aliphatic heterocycles. The van der Waals surface area contributed by atoms with Crippen molar-refractivity contribution in [2.75, 3.05) is 5.32 Å². The smallest absolute Gasteiger partial charge is 0.272 e. The van der Waals surface area contributed by atoms with Crippen LogP contribution in [-0.2, 0) is 4.79 Å². The van der Waals surface area contributed by atoms with Crippen molar-refractivity contribution in [3.05, 3.63) is 96.1 Å². The van der Waals surface area contributed by atoms with Gasteiger partial charge in [-0.15, -0.1) is 0 Å². The summed E-state index contributed by atoms with van der Waals surface area (Å²) in [6.45, 7) is 1.42. The molecule has 7 heteroatoms. The molecule has 27 heavy (non-hydrogen) atoms. The molecule has 3 aromatic rings. The van der Waals surface area contributed by atoms with E-state index in [2.05, 4.69) is 15.3 Å². The predicted molar refractivity (Wildman–Crippen MR) is 106 cm³/mol. The van der Waals surface area contributed by atoms with Gasteiger partial charge < -0.3 is 15.3 Å². The minimum atomic E-state index is -0.416. The lowest BCUT2D eigenvalue weighted by Gasteiger charge is -2.01. The molecule has 0 fully saturated rings. The first kappa shape index (κ1) is 18.4. The van der Waals surface area contributed by atoms with E-state index in [0.29, 0.717) is 16.3 Å². The third kappa shape index (κ3) is 4.83. The average molecular weight is 382 g/mol. The quantitative estimate of drug-likeness (QED) is 0.638. The van der Waals surface area contributed by atoms with Gasteiger partial charge in [-0.05, 0) is 47.5 Å². The van der Waals surface area contributed by atoms with E-state index >= 15 is 0 Å². The first-order chi connectivity index (χ1) is 12.9. The molecule has 0 bridgehead atoms. The van der Waals surface area contributed by atoms with Gasteiger partial charge in [-0.3, -0.25) is 14.4 Å². The second-order valence-electron chi connectivity index (χ2n) is 5.88. The summed E-state index contributed by atoms with van der Waals surface area (Å²) in [5, 5.41) is 3.54. The molecular weight excluding hydrogens is 366 g/mol. The maximum absolute atomic E-state index is 12.3. The highest BCUT2D eigenvalue weighted by molar-refractivity contribution is 6.30. The highest BCUT2D eigenvalue weighted by Gasteiger charge is 1.99. The zero-order valence-corrected chi connectivity index (χ0v) is 15.1. The second-order valence-corrected chi connectivity index (χ2v) is 6.32. The summed E-state index contributed by atoms with van der Waals surface area (Å²) in [7, 11) is 0. The van der Waals surface area contributed by atoms with Crippen LogP contribution in [0.4, 0.5) is 5.69 Å². The molecule has 0 atom stereocenters. The fourth-order valence-corrected chi connectivity index (χ4v) is 2.58. The summed E-state index contributed by atoms with van der Waals surface area (Å²) >= 11 is 5.84. The highest BCUT2D eigenvalue weighted by Crippen LogP contribution is 2.10. The van der Waals surface area contributed by atoms with Gasteiger partial charge in [0.25, 0.3) is 11.1 Å². The van der Waals surface area contributed by atoms with Crippen molar-refractivity contribution in [2.45, 2.75) is 6.92 Å². The van der Waals surface area contributed by atoms with Crippen LogP contribution < -0.4 is 27.1 Å². The van der Waals surface area contributed by atoms with Crippen LogP contribution in [0.2, 0.25) is 5.02 Å². The SMILES string of the molecule is CC(=O)Nc1ccc(C=c2[nH]c(=O)c(=Cc3ccc(Cl)cc3)[nH]c2=O)cc1. The predicted octanol–water partition coefficient (Wildman–Crippen LogP) is 1.33. The van der Waals surface area contributed by atoms with Gasteiger partial charge in [0.1, 0.15) is 10.7 Å². The van der Waals surface area contributed by atoms with Crippen molar-refractivity contribution in [2.24, 2.45) is 0 Å². The van der Waals surface area contributed by atoms with Crippen molar-refractivity contribution in [3.8, 4) is 0 Å². The molecule has 1 aromatic heterocycles. The van der Waals surface area contributed by atoms with Crippen molar-refractivity contribution >= 4 is 35.3 Å². The van der Waals surface area contributed by atoms with Gasteiger partial charge in [-0.25, -0.2) is 0 Å². The van der Waals surface area contributed by atoms with Gasteiger partial charge in [0, 0.05) is 17.6 Å². The standard InChI is InChI=1S/C20H16ClN3O3/c1-12(25)22-16-8-4-14(5-9-16)11-18-20(27)23-17(19(26)24-18)10-13-2-6-15(21)7-3-13/h2-11H,1H3,(H,22,25)(H,23,27)(H,24,26). The zero-order valence-electron chi connectivity index (χ0n) is 14.4. The van der Waals surface area contributed by atoms with Crippen LogP contribution in [-0.4, -0.2) is 15.9 Å². The number of rotatable bonds is 3. The Labute approximate surface area is 158 Å². The largest absolute Gasteiger partial charge is 0.326 e. The van der Waals surface area contributed by atoms with Crippen LogP contribution in [0.5, 0.6) is 0 Å². The third-order valence-corrected chi connectivity index (χ3v) is 3.96. The number of hydrogen-bond donors (Lipinski definition) is 3. The van der Waals surface area contributed by atoms with E-state index in [-0.39, 0.29) is 16.6 Å². The van der Waals surface area contributed by atoms with E-state index in [9.17, 15) is 14.4 Å². The molecule has 0 aliphatic rings. The Kier molecular flexibility index (Phi) is 5.38. The Morgan fingerprint density at radius 1 is 0.852 bits per heavy atom. The Hall–Kier alpha value is -3.38. The van der Waals surface area contributed by atoms with Crippen LogP contribution in [0.25, 0.3) is 12.2 Å². The molecule has 6 nitrogen and oxygen atoms in total. The molecule has 0 unspecified atom stereocenters. The number of benzene rings is 2. The summed E-state index contributed by atoms with van der Waals surface area (Å²) in [5.41, 5.74) is 1.27. The zero-order chi connectivity index (χ0) is 19.4. The molecule has 2 aromatic carbocycles. The Morgan fingerprint density at radius 3 is 1.74 bits per heavy atom. The molecule has 0 radical (unpaired) electrons. The van der Waals surface area contributed by atoms with Crippen LogP contribution in [0.3, 0.4) is 0 Å². The van der Waals surface area contributed by atoms with E-state index in [4.69, 9.17) is 11.6 Å². The number of anilines is 1. The molecule has 136 valence electrons. The molecule has 0 saturated carbocycles. The molecule has 0 aliphatic carbocycles. The second kappa shape index (κ2) is 7.88. The normalized spacial score (nSPS) is 12.2. The number of aromatic amines is 2. The lowest BCUT2D eigenvalue weighted by Crippen LogP contribution is -2.46. The summed E-state index contributed by atoms with van der Waals surface area (Å²) in [5.74, 6) is -0.167. The van der Waals surface area contributed by atoms with Crippen LogP contribution in [0.1, 0.15) is 18.1 Å². The van der Waals surface area contributed by atoms with Crippen LogP contribution in [0, 0.1) is 0 Å². The molecule has 1 amide bonds. The van der Waals surface area contributed by atoms with Crippen LogP contribution in [0.15, 0.2) is 58.1 Å². The first-order valence-electron chi connectivity index (χ1n) is 8.10. The Balaban J connectivity index is 1.98. The summed E-state index contributed by atoms with van der Waals surface area (Å²) in [6.07, 6.45) is 3.13. The van der Waals surface area contributed by atoms with Gasteiger partial charge in [0.2, 0.25) is 5.91 Å². The van der Waals surface area contributed by atoms with Crippen molar-refractivity contribution < 1.29 is 4.79 Å². The summed E-state index contributed by atoms with van der Waals surface area (Å²) in [6, 6.07) is 13.8. The van der Waals surface area contributed by atoms with Gasteiger partial charge in [0.15, 0.2) is 0 Å². The third-order valence-electron chi connectivity index (χ3n) is 3.71. The topological polar surface area (TPSA) is 94.8 Å². The molecule has 0 saturated heterocycles. The average Bonchev–Trinajstić information content (AvgIpc) is 2.62. The minimum absolute atomic E-state index is 0.139. The van der Waals surface area contributed by atoms with Gasteiger partial charge in [-0.1, -0.05) is 35.9 Å². The van der Waals surface area contributed by atoms with Crippen LogP contribution >= 0.6 is 11.6 Å². The van der Waals surface area contributed by atoms with E-state index in [1.165, 1.54) is 6.92 Å².